The largest absolute Gasteiger partial charge is 0.458 e. The maximum Gasteiger partial charge on any atom is 0.330 e. The van der Waals surface area contributed by atoms with E-state index < -0.39 is 89.0 Å². The molecule has 0 aromatic carbocycles. The molecule has 0 aromatic rings. The summed E-state index contributed by atoms with van der Waals surface area (Å²) >= 11 is 0. The molecule has 11 nitrogen and oxygen atoms in total. The molecule has 2 saturated heterocycles. The zero-order valence-electron chi connectivity index (χ0n) is 35.8. The van der Waals surface area contributed by atoms with Crippen LogP contribution in [0.1, 0.15) is 121 Å². The Bertz CT molecular complexity index is 1390. The van der Waals surface area contributed by atoms with E-state index in [1.807, 2.05) is 32.1 Å². The summed E-state index contributed by atoms with van der Waals surface area (Å²) in [4.78, 5) is 40.5. The van der Waals surface area contributed by atoms with Crippen LogP contribution in [0.3, 0.4) is 0 Å². The third-order valence-corrected chi connectivity index (χ3v) is 13.4. The average molecular weight is 791 g/mol. The van der Waals surface area contributed by atoms with Gasteiger partial charge in [0.05, 0.1) is 36.6 Å². The number of allylic oxidation sites excluding steroid dienone is 4. The van der Waals surface area contributed by atoms with E-state index in [2.05, 4.69) is 19.9 Å². The number of fused-ring (bicyclic) bond motifs is 2. The van der Waals surface area contributed by atoms with Crippen molar-refractivity contribution in [2.24, 2.45) is 53.3 Å². The molecule has 5 N–H and O–H groups in total. The average Bonchev–Trinajstić information content (AvgIpc) is 3.16. The molecule has 320 valence electrons. The third-order valence-electron chi connectivity index (χ3n) is 13.4. The van der Waals surface area contributed by atoms with Crippen LogP contribution in [0.2, 0.25) is 0 Å². The van der Waals surface area contributed by atoms with Gasteiger partial charge < -0.3 is 39.7 Å². The zero-order valence-corrected chi connectivity index (χ0v) is 35.8. The topological polar surface area (TPSA) is 180 Å². The molecule has 0 radical (unpaired) electrons. The number of aliphatic hydroxyl groups is 5. The van der Waals surface area contributed by atoms with Crippen LogP contribution in [0.5, 0.6) is 0 Å². The third kappa shape index (κ3) is 11.5. The highest BCUT2D eigenvalue weighted by atomic mass is 16.7. The van der Waals surface area contributed by atoms with Crippen molar-refractivity contribution in [2.45, 2.75) is 175 Å². The highest BCUT2D eigenvalue weighted by Gasteiger charge is 2.56. The van der Waals surface area contributed by atoms with Crippen molar-refractivity contribution < 1.29 is 54.1 Å². The van der Waals surface area contributed by atoms with Crippen molar-refractivity contribution in [3.05, 3.63) is 36.5 Å². The van der Waals surface area contributed by atoms with Gasteiger partial charge in [0.15, 0.2) is 11.6 Å². The Morgan fingerprint density at radius 2 is 1.48 bits per heavy atom. The fraction of sp³-hybridized carbons (Fsp3) is 0.800. The number of hydrogen-bond donors (Lipinski definition) is 5. The van der Waals surface area contributed by atoms with Gasteiger partial charge in [-0.3, -0.25) is 9.59 Å². The summed E-state index contributed by atoms with van der Waals surface area (Å²) in [5.74, 6) is -7.28. The van der Waals surface area contributed by atoms with Crippen LogP contribution >= 0.6 is 0 Å². The first-order valence-corrected chi connectivity index (χ1v) is 21.2. The van der Waals surface area contributed by atoms with Crippen molar-refractivity contribution in [3.8, 4) is 0 Å². The number of carbonyl (C=O) groups excluding carboxylic acids is 3. The second-order valence-corrected chi connectivity index (χ2v) is 18.0. The van der Waals surface area contributed by atoms with E-state index in [1.165, 1.54) is 39.8 Å². The maximum atomic E-state index is 13.5. The van der Waals surface area contributed by atoms with Gasteiger partial charge in [0, 0.05) is 48.0 Å². The first-order valence-electron chi connectivity index (χ1n) is 21.2. The van der Waals surface area contributed by atoms with E-state index in [4.69, 9.17) is 14.2 Å². The highest BCUT2D eigenvalue weighted by molar-refractivity contribution is 5.91. The maximum absolute atomic E-state index is 13.5. The van der Waals surface area contributed by atoms with Crippen LogP contribution in [-0.2, 0) is 28.6 Å². The van der Waals surface area contributed by atoms with E-state index in [0.717, 1.165) is 19.3 Å². The summed E-state index contributed by atoms with van der Waals surface area (Å²) in [5, 5.41) is 55.0. The van der Waals surface area contributed by atoms with Crippen LogP contribution in [0.25, 0.3) is 0 Å². The van der Waals surface area contributed by atoms with Crippen LogP contribution in [0, 0.1) is 53.3 Å². The standard InChI is InChI=1S/C45H74O11/c1-12-34-17-15-13-14-16-27(4)42(51)44(11,53)43(52)32(9)40(50)31(8)39(49)30(7)38(48)26(3)18-21-37(47)54-41-29(6)35(20-19-34)55-45(33(41)10)23-22-25(2)36(56-45)24-28(5)46/h13-15,17-18,21,25-36,38,40-42,46,48,50-51,53H,12,16,19-20,22-24H2,1-11H3/b14-13-,17-15+,21-18+/t25-,26-,27+,28+,29+,30-,31-,32-,33-,34-,35-,36-,38+,40+,41+,42-,44+,45-/m1/s1. The molecule has 11 heteroatoms. The minimum Gasteiger partial charge on any atom is -0.458 e. The lowest BCUT2D eigenvalue weighted by molar-refractivity contribution is -0.371. The second-order valence-electron chi connectivity index (χ2n) is 18.0. The summed E-state index contributed by atoms with van der Waals surface area (Å²) < 4.78 is 20.0. The lowest BCUT2D eigenvalue weighted by atomic mass is 9.74. The van der Waals surface area contributed by atoms with Crippen molar-refractivity contribution in [1.29, 1.82) is 0 Å². The Kier molecular flexibility index (Phi) is 17.7. The molecule has 3 aliphatic rings. The summed E-state index contributed by atoms with van der Waals surface area (Å²) in [6.45, 7) is 19.1. The van der Waals surface area contributed by atoms with E-state index >= 15 is 0 Å². The van der Waals surface area contributed by atoms with E-state index in [9.17, 15) is 39.9 Å². The van der Waals surface area contributed by atoms with E-state index in [1.54, 1.807) is 20.8 Å². The van der Waals surface area contributed by atoms with Crippen LogP contribution < -0.4 is 0 Å². The molecular formula is C45H74O11. The molecule has 0 amide bonds. The van der Waals surface area contributed by atoms with E-state index in [-0.39, 0.29) is 35.9 Å². The van der Waals surface area contributed by atoms with Gasteiger partial charge in [-0.2, -0.15) is 0 Å². The number of ether oxygens (including phenoxy) is 3. The molecule has 0 saturated carbocycles. The lowest BCUT2D eigenvalue weighted by Gasteiger charge is -2.55. The molecule has 2 fully saturated rings. The van der Waals surface area contributed by atoms with Crippen LogP contribution in [0.15, 0.2) is 36.5 Å². The predicted octanol–water partition coefficient (Wildman–Crippen LogP) is 5.88. The molecule has 0 unspecified atom stereocenters. The predicted molar refractivity (Wildman–Crippen MR) is 215 cm³/mol. The van der Waals surface area contributed by atoms with Gasteiger partial charge in [-0.15, -0.1) is 0 Å². The highest BCUT2D eigenvalue weighted by Crippen LogP contribution is 2.49. The number of ketones is 2. The molecule has 3 aliphatic heterocycles. The molecule has 0 aliphatic carbocycles. The fourth-order valence-electron chi connectivity index (χ4n) is 9.01. The smallest absolute Gasteiger partial charge is 0.330 e. The monoisotopic (exact) mass is 791 g/mol. The van der Waals surface area contributed by atoms with Crippen LogP contribution in [-0.4, -0.2) is 97.2 Å². The quantitative estimate of drug-likeness (QED) is 0.216. The van der Waals surface area contributed by atoms with Crippen molar-refractivity contribution in [1.82, 2.24) is 0 Å². The summed E-state index contributed by atoms with van der Waals surface area (Å²) in [7, 11) is 0. The molecule has 18 atom stereocenters. The van der Waals surface area contributed by atoms with Crippen LogP contribution in [0.4, 0.5) is 0 Å². The lowest BCUT2D eigenvalue weighted by Crippen LogP contribution is -2.62. The minimum atomic E-state index is -2.18. The Morgan fingerprint density at radius 3 is 2.11 bits per heavy atom. The Hall–Kier alpha value is -2.25. The number of aliphatic hydroxyl groups excluding tert-OH is 4. The molecule has 3 heterocycles. The van der Waals surface area contributed by atoms with Gasteiger partial charge in [0.1, 0.15) is 17.5 Å². The Balaban J connectivity index is 1.99. The van der Waals surface area contributed by atoms with Gasteiger partial charge in [-0.1, -0.05) is 92.7 Å². The number of carbonyl (C=O) groups is 3. The van der Waals surface area contributed by atoms with Gasteiger partial charge in [0.2, 0.25) is 0 Å². The number of esters is 1. The van der Waals surface area contributed by atoms with Gasteiger partial charge in [0.25, 0.3) is 0 Å². The summed E-state index contributed by atoms with van der Waals surface area (Å²) in [6.07, 6.45) is 9.62. The van der Waals surface area contributed by atoms with Crippen molar-refractivity contribution >= 4 is 17.5 Å². The normalized spacial score (nSPS) is 46.8. The molecule has 56 heavy (non-hydrogen) atoms. The SMILES string of the molecule is CC[C@@H]1/C=C/C=C\C[C@H](C)[C@@H](O)[C@](C)(O)C(=O)[C@H](C)[C@@H](O)[C@H](C)C(=O)[C@H](C)[C@@H](O)[C@H](C)/C=C/C(=O)O[C@H]2[C@@H](C)[C@@H](CC1)O[C@@]1(CC[C@@H](C)[C@@H](C[C@H](C)O)O1)[C@@H]2C. The van der Waals surface area contributed by atoms with Crippen molar-refractivity contribution in [2.75, 3.05) is 0 Å². The fourth-order valence-corrected chi connectivity index (χ4v) is 9.01. The first kappa shape index (κ1) is 48.1. The van der Waals surface area contributed by atoms with Gasteiger partial charge in [-0.25, -0.2) is 4.79 Å². The number of hydrogen-bond acceptors (Lipinski definition) is 11. The summed E-state index contributed by atoms with van der Waals surface area (Å²) in [5.41, 5.74) is -2.18. The molecule has 0 aromatic heterocycles. The minimum absolute atomic E-state index is 0.168. The van der Waals surface area contributed by atoms with Gasteiger partial charge >= 0.3 is 5.97 Å². The number of Topliss-reactive ketones (excluding diaryl/α,β-unsaturated/α-hetero) is 2. The Morgan fingerprint density at radius 1 is 0.839 bits per heavy atom. The molecule has 1 spiro atoms. The molecular weight excluding hydrogens is 716 g/mol. The van der Waals surface area contributed by atoms with E-state index in [0.29, 0.717) is 25.7 Å². The molecule has 2 bridgehead atoms. The first-order chi connectivity index (χ1) is 26.1. The van der Waals surface area contributed by atoms with Gasteiger partial charge in [-0.05, 0) is 70.1 Å². The zero-order chi connectivity index (χ0) is 42.3. The van der Waals surface area contributed by atoms with Crippen molar-refractivity contribution in [3.63, 3.8) is 0 Å². The second kappa shape index (κ2) is 20.6. The Labute approximate surface area is 336 Å². The molecule has 3 rings (SSSR count). The number of rotatable bonds is 3. The summed E-state index contributed by atoms with van der Waals surface area (Å²) in [6, 6.07) is 0.